The van der Waals surface area contributed by atoms with Crippen LogP contribution in [0.15, 0.2) is 12.3 Å². The molecule has 0 fully saturated rings. The lowest BCUT2D eigenvalue weighted by atomic mass is 10.2. The number of halogens is 1. The first-order valence-corrected chi connectivity index (χ1v) is 6.62. The van der Waals surface area contributed by atoms with Gasteiger partial charge >= 0.3 is 0 Å². The molecule has 16 heavy (non-hydrogen) atoms. The molecular formula is C11H16FNO2S. The zero-order chi connectivity index (χ0) is 12.6. The van der Waals surface area contributed by atoms with E-state index in [1.54, 1.807) is 27.7 Å². The van der Waals surface area contributed by atoms with Crippen LogP contribution in [0, 0.1) is 12.9 Å². The van der Waals surface area contributed by atoms with Crippen molar-refractivity contribution >= 4 is 9.84 Å². The maximum atomic E-state index is 12.8. The fourth-order valence-corrected chi connectivity index (χ4v) is 2.27. The third-order valence-corrected chi connectivity index (χ3v) is 5.02. The van der Waals surface area contributed by atoms with Gasteiger partial charge in [-0.15, -0.1) is 0 Å². The van der Waals surface area contributed by atoms with E-state index in [1.165, 1.54) is 12.3 Å². The van der Waals surface area contributed by atoms with Crippen molar-refractivity contribution in [1.82, 2.24) is 4.98 Å². The molecule has 0 bridgehead atoms. The summed E-state index contributed by atoms with van der Waals surface area (Å²) in [6, 6.07) is 1.24. The van der Waals surface area contributed by atoms with Gasteiger partial charge in [0.2, 0.25) is 5.95 Å². The summed E-state index contributed by atoms with van der Waals surface area (Å²) in [5, 5.41) is 0. The Morgan fingerprint density at radius 3 is 2.38 bits per heavy atom. The Labute approximate surface area is 95.6 Å². The Hall–Kier alpha value is -0.970. The third kappa shape index (κ3) is 2.78. The van der Waals surface area contributed by atoms with Gasteiger partial charge in [-0.05, 0) is 44.9 Å². The number of hydrogen-bond donors (Lipinski definition) is 0. The molecule has 0 atom stereocenters. The minimum Gasteiger partial charge on any atom is -0.228 e. The quantitative estimate of drug-likeness (QED) is 0.751. The molecule has 0 aliphatic carbocycles. The SMILES string of the molecule is Cc1cc(F)ncc1CS(=O)(=O)C(C)(C)C. The van der Waals surface area contributed by atoms with Crippen LogP contribution in [-0.2, 0) is 15.6 Å². The molecule has 0 saturated carbocycles. The van der Waals surface area contributed by atoms with E-state index in [9.17, 15) is 12.8 Å². The van der Waals surface area contributed by atoms with E-state index in [4.69, 9.17) is 0 Å². The maximum Gasteiger partial charge on any atom is 0.213 e. The molecule has 3 nitrogen and oxygen atoms in total. The van der Waals surface area contributed by atoms with Gasteiger partial charge in [0.25, 0.3) is 0 Å². The number of hydrogen-bond acceptors (Lipinski definition) is 3. The first-order valence-electron chi connectivity index (χ1n) is 4.97. The average Bonchev–Trinajstić information content (AvgIpc) is 2.08. The summed E-state index contributed by atoms with van der Waals surface area (Å²) in [5.74, 6) is -0.690. The second kappa shape index (κ2) is 4.13. The van der Waals surface area contributed by atoms with Gasteiger partial charge in [-0.2, -0.15) is 4.39 Å². The van der Waals surface area contributed by atoms with Gasteiger partial charge in [-0.3, -0.25) is 0 Å². The fourth-order valence-electron chi connectivity index (χ4n) is 1.12. The number of nitrogens with zero attached hydrogens (tertiary/aromatic N) is 1. The first-order chi connectivity index (χ1) is 7.13. The Morgan fingerprint density at radius 1 is 1.38 bits per heavy atom. The average molecular weight is 245 g/mol. The number of aryl methyl sites for hydroxylation is 1. The van der Waals surface area contributed by atoms with Gasteiger partial charge in [0.05, 0.1) is 10.5 Å². The molecule has 0 saturated heterocycles. The zero-order valence-electron chi connectivity index (χ0n) is 9.91. The highest BCUT2D eigenvalue weighted by atomic mass is 32.2. The highest BCUT2D eigenvalue weighted by Gasteiger charge is 2.29. The molecule has 1 rings (SSSR count). The van der Waals surface area contributed by atoms with Crippen LogP contribution in [0.25, 0.3) is 0 Å². The molecule has 0 unspecified atom stereocenters. The highest BCUT2D eigenvalue weighted by Crippen LogP contribution is 2.21. The zero-order valence-corrected chi connectivity index (χ0v) is 10.7. The van der Waals surface area contributed by atoms with Crippen LogP contribution in [0.2, 0.25) is 0 Å². The molecule has 5 heteroatoms. The number of sulfone groups is 1. The van der Waals surface area contributed by atoms with Crippen molar-refractivity contribution in [1.29, 1.82) is 0 Å². The molecule has 0 radical (unpaired) electrons. The molecule has 0 aromatic carbocycles. The van der Waals surface area contributed by atoms with Gasteiger partial charge in [0.1, 0.15) is 0 Å². The summed E-state index contributed by atoms with van der Waals surface area (Å²) in [6.07, 6.45) is 1.29. The summed E-state index contributed by atoms with van der Waals surface area (Å²) in [7, 11) is -3.25. The fraction of sp³-hybridized carbons (Fsp3) is 0.545. The van der Waals surface area contributed by atoms with Crippen molar-refractivity contribution in [3.05, 3.63) is 29.3 Å². The Morgan fingerprint density at radius 2 is 1.94 bits per heavy atom. The molecule has 0 aliphatic heterocycles. The maximum absolute atomic E-state index is 12.8. The normalized spacial score (nSPS) is 12.8. The predicted molar refractivity (Wildman–Crippen MR) is 61.3 cm³/mol. The topological polar surface area (TPSA) is 47.0 Å². The smallest absolute Gasteiger partial charge is 0.213 e. The van der Waals surface area contributed by atoms with Gasteiger partial charge in [-0.25, -0.2) is 13.4 Å². The van der Waals surface area contributed by atoms with Crippen molar-refractivity contribution in [3.8, 4) is 0 Å². The summed E-state index contributed by atoms with van der Waals surface area (Å²) < 4.78 is 35.8. The highest BCUT2D eigenvalue weighted by molar-refractivity contribution is 7.91. The lowest BCUT2D eigenvalue weighted by molar-refractivity contribution is 0.557. The van der Waals surface area contributed by atoms with Crippen LogP contribution in [0.1, 0.15) is 31.9 Å². The Bertz CT molecular complexity index is 489. The van der Waals surface area contributed by atoms with Gasteiger partial charge < -0.3 is 0 Å². The van der Waals surface area contributed by atoms with Gasteiger partial charge in [0, 0.05) is 6.20 Å². The summed E-state index contributed by atoms with van der Waals surface area (Å²) in [4.78, 5) is 3.48. The van der Waals surface area contributed by atoms with E-state index < -0.39 is 20.5 Å². The molecule has 1 aromatic rings. The van der Waals surface area contributed by atoms with Gasteiger partial charge in [-0.1, -0.05) is 0 Å². The van der Waals surface area contributed by atoms with Crippen LogP contribution < -0.4 is 0 Å². The van der Waals surface area contributed by atoms with Crippen molar-refractivity contribution in [2.45, 2.75) is 38.2 Å². The van der Waals surface area contributed by atoms with Crippen LogP contribution >= 0.6 is 0 Å². The Kier molecular flexibility index (Phi) is 3.38. The minimum absolute atomic E-state index is 0.102. The third-order valence-electron chi connectivity index (χ3n) is 2.46. The summed E-state index contributed by atoms with van der Waals surface area (Å²) in [5.41, 5.74) is 1.16. The largest absolute Gasteiger partial charge is 0.228 e. The van der Waals surface area contributed by atoms with E-state index in [0.717, 1.165) is 0 Å². The van der Waals surface area contributed by atoms with Gasteiger partial charge in [0.15, 0.2) is 9.84 Å². The lowest BCUT2D eigenvalue weighted by Crippen LogP contribution is -2.29. The molecule has 0 N–H and O–H groups in total. The number of aromatic nitrogens is 1. The number of pyridine rings is 1. The van der Waals surface area contributed by atoms with E-state index >= 15 is 0 Å². The van der Waals surface area contributed by atoms with Crippen molar-refractivity contribution < 1.29 is 12.8 Å². The van der Waals surface area contributed by atoms with Crippen LogP contribution in [0.3, 0.4) is 0 Å². The molecule has 1 heterocycles. The van der Waals surface area contributed by atoms with E-state index in [0.29, 0.717) is 11.1 Å². The lowest BCUT2D eigenvalue weighted by Gasteiger charge is -2.19. The minimum atomic E-state index is -3.25. The van der Waals surface area contributed by atoms with Crippen molar-refractivity contribution in [3.63, 3.8) is 0 Å². The van der Waals surface area contributed by atoms with E-state index in [-0.39, 0.29) is 5.75 Å². The predicted octanol–water partition coefficient (Wildman–Crippen LogP) is 2.24. The van der Waals surface area contributed by atoms with Crippen LogP contribution in [-0.4, -0.2) is 18.1 Å². The van der Waals surface area contributed by atoms with Crippen LogP contribution in [0.4, 0.5) is 4.39 Å². The van der Waals surface area contributed by atoms with E-state index in [2.05, 4.69) is 4.98 Å². The number of rotatable bonds is 2. The first kappa shape index (κ1) is 13.1. The second-order valence-electron chi connectivity index (χ2n) is 4.80. The molecular weight excluding hydrogens is 229 g/mol. The van der Waals surface area contributed by atoms with Crippen LogP contribution in [0.5, 0.6) is 0 Å². The Balaban J connectivity index is 3.07. The summed E-state index contributed by atoms with van der Waals surface area (Å²) in [6.45, 7) is 6.62. The molecule has 1 aromatic heterocycles. The van der Waals surface area contributed by atoms with Crippen molar-refractivity contribution in [2.24, 2.45) is 0 Å². The molecule has 0 amide bonds. The molecule has 0 aliphatic rings. The monoisotopic (exact) mass is 245 g/mol. The second-order valence-corrected chi connectivity index (χ2v) is 7.55. The van der Waals surface area contributed by atoms with E-state index in [1.807, 2.05) is 0 Å². The van der Waals surface area contributed by atoms with Crippen molar-refractivity contribution in [2.75, 3.05) is 0 Å². The summed E-state index contributed by atoms with van der Waals surface area (Å²) >= 11 is 0. The molecule has 90 valence electrons. The standard InChI is InChI=1S/C11H16FNO2S/c1-8-5-10(12)13-6-9(8)7-16(14,15)11(2,3)4/h5-6H,7H2,1-4H3. The molecule has 0 spiro atoms.